The Morgan fingerprint density at radius 2 is 2.24 bits per heavy atom. The predicted octanol–water partition coefficient (Wildman–Crippen LogP) is 3.60. The number of alkyl halides is 1. The molecule has 0 amide bonds. The highest BCUT2D eigenvalue weighted by Gasteiger charge is 2.35. The summed E-state index contributed by atoms with van der Waals surface area (Å²) in [6.45, 7) is 8.28. The SMILES string of the molecule is CC1CCCC(CCl)(Nc2nccn(C(C)(C)C)c2=O)C1. The maximum atomic E-state index is 12.6. The molecular weight excluding hydrogens is 286 g/mol. The van der Waals surface area contributed by atoms with Crippen LogP contribution in [0.4, 0.5) is 5.82 Å². The molecule has 1 aromatic rings. The summed E-state index contributed by atoms with van der Waals surface area (Å²) in [6.07, 6.45) is 7.78. The van der Waals surface area contributed by atoms with Crippen molar-refractivity contribution in [1.29, 1.82) is 0 Å². The van der Waals surface area contributed by atoms with Gasteiger partial charge in [-0.1, -0.05) is 19.8 Å². The van der Waals surface area contributed by atoms with Crippen LogP contribution in [0.5, 0.6) is 0 Å². The van der Waals surface area contributed by atoms with Crippen molar-refractivity contribution in [3.8, 4) is 0 Å². The Bertz CT molecular complexity index is 549. The van der Waals surface area contributed by atoms with Gasteiger partial charge in [0.2, 0.25) is 0 Å². The van der Waals surface area contributed by atoms with Gasteiger partial charge in [0.25, 0.3) is 5.56 Å². The molecule has 0 saturated heterocycles. The molecule has 2 atom stereocenters. The quantitative estimate of drug-likeness (QED) is 0.868. The van der Waals surface area contributed by atoms with Crippen molar-refractivity contribution in [2.75, 3.05) is 11.2 Å². The molecule has 0 radical (unpaired) electrons. The van der Waals surface area contributed by atoms with E-state index in [1.807, 2.05) is 20.8 Å². The Balaban J connectivity index is 2.33. The van der Waals surface area contributed by atoms with E-state index < -0.39 is 0 Å². The van der Waals surface area contributed by atoms with Gasteiger partial charge in [-0.3, -0.25) is 4.79 Å². The number of anilines is 1. The van der Waals surface area contributed by atoms with E-state index in [4.69, 9.17) is 11.6 Å². The van der Waals surface area contributed by atoms with Gasteiger partial charge in [-0.2, -0.15) is 0 Å². The van der Waals surface area contributed by atoms with Crippen molar-refractivity contribution in [3.63, 3.8) is 0 Å². The second-order valence-corrected chi connectivity index (χ2v) is 7.63. The first kappa shape index (κ1) is 16.3. The van der Waals surface area contributed by atoms with Crippen molar-refractivity contribution in [2.24, 2.45) is 5.92 Å². The van der Waals surface area contributed by atoms with Crippen LogP contribution in [0.25, 0.3) is 0 Å². The predicted molar refractivity (Wildman–Crippen MR) is 88.2 cm³/mol. The Morgan fingerprint density at radius 1 is 1.52 bits per heavy atom. The molecule has 1 aromatic heterocycles. The lowest BCUT2D eigenvalue weighted by molar-refractivity contribution is 0.278. The maximum Gasteiger partial charge on any atom is 0.293 e. The number of hydrogen-bond donors (Lipinski definition) is 1. The monoisotopic (exact) mass is 311 g/mol. The summed E-state index contributed by atoms with van der Waals surface area (Å²) in [7, 11) is 0. The highest BCUT2D eigenvalue weighted by Crippen LogP contribution is 2.35. The largest absolute Gasteiger partial charge is 0.359 e. The molecule has 1 heterocycles. The van der Waals surface area contributed by atoms with E-state index in [-0.39, 0.29) is 16.6 Å². The van der Waals surface area contributed by atoms with E-state index in [9.17, 15) is 4.79 Å². The lowest BCUT2D eigenvalue weighted by Crippen LogP contribution is -2.47. The summed E-state index contributed by atoms with van der Waals surface area (Å²) in [5, 5.41) is 3.38. The van der Waals surface area contributed by atoms with Gasteiger partial charge >= 0.3 is 0 Å². The van der Waals surface area contributed by atoms with E-state index in [0.717, 1.165) is 19.3 Å². The third kappa shape index (κ3) is 3.60. The number of nitrogens with zero attached hydrogens (tertiary/aromatic N) is 2. The summed E-state index contributed by atoms with van der Waals surface area (Å²) in [5.41, 5.74) is -0.542. The summed E-state index contributed by atoms with van der Waals surface area (Å²) in [5.74, 6) is 1.55. The topological polar surface area (TPSA) is 46.9 Å². The Labute approximate surface area is 131 Å². The zero-order valence-corrected chi connectivity index (χ0v) is 14.2. The first-order valence-corrected chi connectivity index (χ1v) is 8.23. The summed E-state index contributed by atoms with van der Waals surface area (Å²) >= 11 is 6.24. The van der Waals surface area contributed by atoms with Gasteiger partial charge in [-0.05, 0) is 39.5 Å². The first-order chi connectivity index (χ1) is 9.77. The molecular formula is C16H26ClN3O. The van der Waals surface area contributed by atoms with Gasteiger partial charge in [0.15, 0.2) is 5.82 Å². The third-order valence-corrected chi connectivity index (χ3v) is 4.81. The molecule has 2 rings (SSSR count). The first-order valence-electron chi connectivity index (χ1n) is 7.70. The fourth-order valence-electron chi connectivity index (χ4n) is 3.21. The zero-order chi connectivity index (χ0) is 15.7. The fourth-order valence-corrected chi connectivity index (χ4v) is 3.51. The van der Waals surface area contributed by atoms with Crippen molar-refractivity contribution in [2.45, 2.75) is 64.5 Å². The molecule has 0 aliphatic heterocycles. The standard InChI is InChI=1S/C16H26ClN3O/c1-12-6-5-7-16(10-12,11-17)19-13-14(21)20(9-8-18-13)15(2,3)4/h8-9,12H,5-7,10-11H2,1-4H3,(H,18,19). The average Bonchev–Trinajstić information content (AvgIpc) is 2.40. The highest BCUT2D eigenvalue weighted by molar-refractivity contribution is 6.18. The van der Waals surface area contributed by atoms with Crippen molar-refractivity contribution in [3.05, 3.63) is 22.7 Å². The molecule has 1 saturated carbocycles. The molecule has 0 bridgehead atoms. The lowest BCUT2D eigenvalue weighted by Gasteiger charge is -2.39. The van der Waals surface area contributed by atoms with E-state index >= 15 is 0 Å². The number of hydrogen-bond acceptors (Lipinski definition) is 3. The van der Waals surface area contributed by atoms with Gasteiger partial charge in [0.05, 0.1) is 5.54 Å². The minimum absolute atomic E-state index is 0.0762. The third-order valence-electron chi connectivity index (χ3n) is 4.29. The highest BCUT2D eigenvalue weighted by atomic mass is 35.5. The van der Waals surface area contributed by atoms with Gasteiger partial charge < -0.3 is 9.88 Å². The molecule has 1 aliphatic rings. The minimum Gasteiger partial charge on any atom is -0.359 e. The van der Waals surface area contributed by atoms with E-state index in [2.05, 4.69) is 17.2 Å². The van der Waals surface area contributed by atoms with Crippen molar-refractivity contribution >= 4 is 17.4 Å². The number of rotatable bonds is 3. The van der Waals surface area contributed by atoms with E-state index in [1.54, 1.807) is 17.0 Å². The van der Waals surface area contributed by atoms with Crippen LogP contribution in [0.15, 0.2) is 17.2 Å². The van der Waals surface area contributed by atoms with Gasteiger partial charge in [-0.15, -0.1) is 11.6 Å². The molecule has 1 fully saturated rings. The number of aromatic nitrogens is 2. The maximum absolute atomic E-state index is 12.6. The minimum atomic E-state index is -0.259. The van der Waals surface area contributed by atoms with Crippen LogP contribution in [0.1, 0.15) is 53.4 Å². The molecule has 2 unspecified atom stereocenters. The number of halogens is 1. The molecule has 4 nitrogen and oxygen atoms in total. The number of nitrogens with one attached hydrogen (secondary N) is 1. The molecule has 0 spiro atoms. The van der Waals surface area contributed by atoms with Gasteiger partial charge in [-0.25, -0.2) is 4.98 Å². The van der Waals surface area contributed by atoms with Gasteiger partial charge in [0.1, 0.15) is 0 Å². The van der Waals surface area contributed by atoms with Gasteiger partial charge in [0, 0.05) is 23.8 Å². The van der Waals surface area contributed by atoms with E-state index in [1.165, 1.54) is 6.42 Å². The van der Waals surface area contributed by atoms with Crippen LogP contribution < -0.4 is 10.9 Å². The van der Waals surface area contributed by atoms with Crippen molar-refractivity contribution in [1.82, 2.24) is 9.55 Å². The van der Waals surface area contributed by atoms with E-state index in [0.29, 0.717) is 17.6 Å². The second-order valence-electron chi connectivity index (χ2n) is 7.36. The Kier molecular flexibility index (Phi) is 4.66. The van der Waals surface area contributed by atoms with Crippen LogP contribution >= 0.6 is 11.6 Å². The fraction of sp³-hybridized carbons (Fsp3) is 0.750. The van der Waals surface area contributed by atoms with Crippen LogP contribution in [0.3, 0.4) is 0 Å². The Hall–Kier alpha value is -1.03. The second kappa shape index (κ2) is 5.99. The molecule has 1 N–H and O–H groups in total. The Morgan fingerprint density at radius 3 is 2.81 bits per heavy atom. The normalized spacial score (nSPS) is 26.6. The van der Waals surface area contributed by atoms with Crippen LogP contribution in [0.2, 0.25) is 0 Å². The zero-order valence-electron chi connectivity index (χ0n) is 13.4. The van der Waals surface area contributed by atoms with Crippen LogP contribution in [-0.2, 0) is 5.54 Å². The molecule has 1 aliphatic carbocycles. The van der Waals surface area contributed by atoms with Crippen LogP contribution in [-0.4, -0.2) is 21.0 Å². The summed E-state index contributed by atoms with van der Waals surface area (Å²) < 4.78 is 1.72. The van der Waals surface area contributed by atoms with Crippen LogP contribution in [0, 0.1) is 5.92 Å². The molecule has 0 aromatic carbocycles. The molecule has 21 heavy (non-hydrogen) atoms. The summed E-state index contributed by atoms with van der Waals surface area (Å²) in [4.78, 5) is 16.9. The molecule has 5 heteroatoms. The molecule has 118 valence electrons. The average molecular weight is 312 g/mol. The smallest absolute Gasteiger partial charge is 0.293 e. The lowest BCUT2D eigenvalue weighted by atomic mass is 9.77. The van der Waals surface area contributed by atoms with Crippen molar-refractivity contribution < 1.29 is 0 Å². The summed E-state index contributed by atoms with van der Waals surface area (Å²) in [6, 6.07) is 0.